The SMILES string of the molecule is Cc1ccc(NS(=O)(=O)c2cccc(C(=O)Nc3cccc(Cl)c3Cl)c2)cc1. The molecule has 1 amide bonds. The average molecular weight is 435 g/mol. The molecule has 0 unspecified atom stereocenters. The van der Waals surface area contributed by atoms with Crippen LogP contribution in [0.15, 0.2) is 71.6 Å². The van der Waals surface area contributed by atoms with E-state index in [0.29, 0.717) is 16.4 Å². The molecule has 5 nitrogen and oxygen atoms in total. The molecule has 3 rings (SSSR count). The number of hydrogen-bond donors (Lipinski definition) is 2. The number of carbonyl (C=O) groups is 1. The van der Waals surface area contributed by atoms with Crippen molar-refractivity contribution in [2.75, 3.05) is 10.0 Å². The summed E-state index contributed by atoms with van der Waals surface area (Å²) in [6, 6.07) is 17.5. The van der Waals surface area contributed by atoms with Crippen LogP contribution < -0.4 is 10.0 Å². The minimum Gasteiger partial charge on any atom is -0.321 e. The zero-order valence-electron chi connectivity index (χ0n) is 14.7. The first kappa shape index (κ1) is 20.2. The molecule has 0 aliphatic heterocycles. The van der Waals surface area contributed by atoms with Gasteiger partial charge in [0, 0.05) is 11.3 Å². The molecule has 0 heterocycles. The molecule has 28 heavy (non-hydrogen) atoms. The van der Waals surface area contributed by atoms with Gasteiger partial charge in [0.2, 0.25) is 0 Å². The molecule has 0 spiro atoms. The van der Waals surface area contributed by atoms with Crippen molar-refractivity contribution in [1.29, 1.82) is 0 Å². The molecule has 0 fully saturated rings. The third-order valence-corrected chi connectivity index (χ3v) is 6.11. The third kappa shape index (κ3) is 4.65. The second kappa shape index (κ2) is 8.22. The Hall–Kier alpha value is -2.54. The third-order valence-electron chi connectivity index (χ3n) is 3.91. The molecule has 0 aliphatic rings. The molecule has 144 valence electrons. The summed E-state index contributed by atoms with van der Waals surface area (Å²) >= 11 is 12.0. The summed E-state index contributed by atoms with van der Waals surface area (Å²) in [7, 11) is -3.85. The second-order valence-corrected chi connectivity index (χ2v) is 8.52. The number of aryl methyl sites for hydroxylation is 1. The molecular weight excluding hydrogens is 419 g/mol. The van der Waals surface area contributed by atoms with E-state index in [-0.39, 0.29) is 15.5 Å². The van der Waals surface area contributed by atoms with Crippen LogP contribution in [-0.2, 0) is 10.0 Å². The summed E-state index contributed by atoms with van der Waals surface area (Å²) < 4.78 is 27.8. The van der Waals surface area contributed by atoms with Crippen molar-refractivity contribution < 1.29 is 13.2 Å². The standard InChI is InChI=1S/C20H16Cl2N2O3S/c1-13-8-10-15(11-9-13)24-28(26,27)16-5-2-4-14(12-16)20(25)23-18-7-3-6-17(21)19(18)22/h2-12,24H,1H3,(H,23,25). The molecule has 0 saturated carbocycles. The predicted octanol–water partition coefficient (Wildman–Crippen LogP) is 5.35. The van der Waals surface area contributed by atoms with Gasteiger partial charge in [0.05, 0.1) is 20.6 Å². The van der Waals surface area contributed by atoms with Crippen LogP contribution in [0.5, 0.6) is 0 Å². The normalized spacial score (nSPS) is 11.1. The first-order valence-corrected chi connectivity index (χ1v) is 10.4. The van der Waals surface area contributed by atoms with Crippen molar-refractivity contribution in [1.82, 2.24) is 0 Å². The highest BCUT2D eigenvalue weighted by molar-refractivity contribution is 7.92. The van der Waals surface area contributed by atoms with Crippen LogP contribution in [-0.4, -0.2) is 14.3 Å². The van der Waals surface area contributed by atoms with Gasteiger partial charge < -0.3 is 5.32 Å². The molecular formula is C20H16Cl2N2O3S. The van der Waals surface area contributed by atoms with Crippen LogP contribution in [0.25, 0.3) is 0 Å². The van der Waals surface area contributed by atoms with Gasteiger partial charge in [-0.25, -0.2) is 8.42 Å². The van der Waals surface area contributed by atoms with Gasteiger partial charge in [-0.2, -0.15) is 0 Å². The van der Waals surface area contributed by atoms with Gasteiger partial charge in [-0.1, -0.05) is 53.0 Å². The maximum absolute atomic E-state index is 12.6. The lowest BCUT2D eigenvalue weighted by molar-refractivity contribution is 0.102. The summed E-state index contributed by atoms with van der Waals surface area (Å²) in [5, 5.41) is 3.15. The fourth-order valence-corrected chi connectivity index (χ4v) is 3.89. The van der Waals surface area contributed by atoms with E-state index in [2.05, 4.69) is 10.0 Å². The van der Waals surface area contributed by atoms with E-state index in [1.54, 1.807) is 42.5 Å². The molecule has 2 N–H and O–H groups in total. The number of carbonyl (C=O) groups excluding carboxylic acids is 1. The van der Waals surface area contributed by atoms with Crippen molar-refractivity contribution in [3.05, 3.63) is 87.9 Å². The number of halogens is 2. The summed E-state index contributed by atoms with van der Waals surface area (Å²) in [5.74, 6) is -0.503. The van der Waals surface area contributed by atoms with E-state index in [9.17, 15) is 13.2 Å². The van der Waals surface area contributed by atoms with Crippen LogP contribution in [0, 0.1) is 6.92 Å². The highest BCUT2D eigenvalue weighted by Crippen LogP contribution is 2.30. The lowest BCUT2D eigenvalue weighted by atomic mass is 10.2. The van der Waals surface area contributed by atoms with Crippen LogP contribution in [0.3, 0.4) is 0 Å². The lowest BCUT2D eigenvalue weighted by Gasteiger charge is -2.11. The number of amides is 1. The van der Waals surface area contributed by atoms with E-state index in [4.69, 9.17) is 23.2 Å². The van der Waals surface area contributed by atoms with Crippen LogP contribution >= 0.6 is 23.2 Å². The quantitative estimate of drug-likeness (QED) is 0.567. The van der Waals surface area contributed by atoms with Gasteiger partial charge in [0.15, 0.2) is 0 Å². The Morgan fingerprint density at radius 3 is 2.32 bits per heavy atom. The Balaban J connectivity index is 1.83. The second-order valence-electron chi connectivity index (χ2n) is 6.05. The smallest absolute Gasteiger partial charge is 0.261 e. The van der Waals surface area contributed by atoms with Crippen LogP contribution in [0.1, 0.15) is 15.9 Å². The summed E-state index contributed by atoms with van der Waals surface area (Å²) in [4.78, 5) is 12.5. The monoisotopic (exact) mass is 434 g/mol. The number of hydrogen-bond acceptors (Lipinski definition) is 3. The van der Waals surface area contributed by atoms with Gasteiger partial charge in [0.1, 0.15) is 0 Å². The van der Waals surface area contributed by atoms with E-state index in [1.165, 1.54) is 24.3 Å². The maximum atomic E-state index is 12.6. The number of anilines is 2. The zero-order valence-corrected chi connectivity index (χ0v) is 17.1. The minimum atomic E-state index is -3.85. The van der Waals surface area contributed by atoms with Crippen molar-refractivity contribution in [2.24, 2.45) is 0 Å². The van der Waals surface area contributed by atoms with Crippen LogP contribution in [0.2, 0.25) is 10.0 Å². The molecule has 0 bridgehead atoms. The van der Waals surface area contributed by atoms with Gasteiger partial charge >= 0.3 is 0 Å². The molecule has 3 aromatic carbocycles. The van der Waals surface area contributed by atoms with Gasteiger partial charge in [-0.3, -0.25) is 9.52 Å². The minimum absolute atomic E-state index is 0.0297. The fourth-order valence-electron chi connectivity index (χ4n) is 2.43. The number of nitrogens with one attached hydrogen (secondary N) is 2. The Labute approximate surface area is 173 Å². The van der Waals surface area contributed by atoms with Crippen LogP contribution in [0.4, 0.5) is 11.4 Å². The number of rotatable bonds is 5. The molecule has 0 aromatic heterocycles. The van der Waals surface area contributed by atoms with E-state index in [1.807, 2.05) is 6.92 Å². The maximum Gasteiger partial charge on any atom is 0.261 e. The van der Waals surface area contributed by atoms with Gasteiger partial charge in [0.25, 0.3) is 15.9 Å². The Morgan fingerprint density at radius 1 is 0.929 bits per heavy atom. The largest absolute Gasteiger partial charge is 0.321 e. The molecule has 0 aliphatic carbocycles. The Kier molecular flexibility index (Phi) is 5.93. The number of benzene rings is 3. The number of sulfonamides is 1. The lowest BCUT2D eigenvalue weighted by Crippen LogP contribution is -2.16. The average Bonchev–Trinajstić information content (AvgIpc) is 2.67. The summed E-state index contributed by atoms with van der Waals surface area (Å²) in [6.07, 6.45) is 0. The van der Waals surface area contributed by atoms with Gasteiger partial charge in [-0.15, -0.1) is 0 Å². The first-order valence-electron chi connectivity index (χ1n) is 8.21. The van der Waals surface area contributed by atoms with Crippen molar-refractivity contribution >= 4 is 50.5 Å². The molecule has 8 heteroatoms. The fraction of sp³-hybridized carbons (Fsp3) is 0.0500. The van der Waals surface area contributed by atoms with Crippen molar-refractivity contribution in [2.45, 2.75) is 11.8 Å². The van der Waals surface area contributed by atoms with E-state index in [0.717, 1.165) is 5.56 Å². The molecule has 0 radical (unpaired) electrons. The van der Waals surface area contributed by atoms with E-state index < -0.39 is 15.9 Å². The highest BCUT2D eigenvalue weighted by Gasteiger charge is 2.17. The zero-order chi connectivity index (χ0) is 20.3. The highest BCUT2D eigenvalue weighted by atomic mass is 35.5. The topological polar surface area (TPSA) is 75.3 Å². The van der Waals surface area contributed by atoms with Gasteiger partial charge in [-0.05, 0) is 49.4 Å². The summed E-state index contributed by atoms with van der Waals surface area (Å²) in [6.45, 7) is 1.91. The predicted molar refractivity (Wildman–Crippen MR) is 113 cm³/mol. The Bertz CT molecular complexity index is 1130. The van der Waals surface area contributed by atoms with Crippen molar-refractivity contribution in [3.63, 3.8) is 0 Å². The molecule has 0 saturated heterocycles. The first-order chi connectivity index (χ1) is 13.3. The van der Waals surface area contributed by atoms with E-state index >= 15 is 0 Å². The summed E-state index contributed by atoms with van der Waals surface area (Å²) in [5.41, 5.74) is 1.96. The molecule has 3 aromatic rings. The Morgan fingerprint density at radius 2 is 1.61 bits per heavy atom. The molecule has 0 atom stereocenters. The van der Waals surface area contributed by atoms with Crippen molar-refractivity contribution in [3.8, 4) is 0 Å².